The standard InChI is InChI=1S/C14H18F3NO/c15-14(16,17)12-9-11(18)5-6-13(12)19-8-7-10-3-1-2-4-10/h5-6,9-10H,1-4,7-8,18H2. The van der Waals surface area contributed by atoms with Crippen LogP contribution in [0.3, 0.4) is 0 Å². The lowest BCUT2D eigenvalue weighted by atomic mass is 10.1. The van der Waals surface area contributed by atoms with Gasteiger partial charge in [0.25, 0.3) is 0 Å². The van der Waals surface area contributed by atoms with E-state index in [1.54, 1.807) is 0 Å². The molecule has 0 atom stereocenters. The Morgan fingerprint density at radius 3 is 2.53 bits per heavy atom. The number of rotatable bonds is 4. The molecule has 0 radical (unpaired) electrons. The Morgan fingerprint density at radius 2 is 1.89 bits per heavy atom. The summed E-state index contributed by atoms with van der Waals surface area (Å²) in [6.45, 7) is 0.331. The van der Waals surface area contributed by atoms with Gasteiger partial charge in [0.15, 0.2) is 0 Å². The highest BCUT2D eigenvalue weighted by molar-refractivity contribution is 5.49. The van der Waals surface area contributed by atoms with E-state index in [0.29, 0.717) is 12.5 Å². The smallest absolute Gasteiger partial charge is 0.420 e. The fourth-order valence-corrected chi connectivity index (χ4v) is 2.53. The Kier molecular flexibility index (Phi) is 4.22. The monoisotopic (exact) mass is 273 g/mol. The highest BCUT2D eigenvalue weighted by Crippen LogP contribution is 2.37. The minimum atomic E-state index is -4.43. The van der Waals surface area contributed by atoms with Crippen molar-refractivity contribution in [3.63, 3.8) is 0 Å². The fourth-order valence-electron chi connectivity index (χ4n) is 2.53. The van der Waals surface area contributed by atoms with Crippen LogP contribution in [0.2, 0.25) is 0 Å². The Labute approximate surface area is 110 Å². The zero-order valence-corrected chi connectivity index (χ0v) is 10.7. The van der Waals surface area contributed by atoms with Crippen LogP contribution < -0.4 is 10.5 Å². The largest absolute Gasteiger partial charge is 0.493 e. The predicted octanol–water partition coefficient (Wildman–Crippen LogP) is 4.25. The van der Waals surface area contributed by atoms with Gasteiger partial charge in [-0.2, -0.15) is 13.2 Å². The maximum Gasteiger partial charge on any atom is 0.420 e. The summed E-state index contributed by atoms with van der Waals surface area (Å²) in [6, 6.07) is 3.65. The van der Waals surface area contributed by atoms with Crippen LogP contribution in [0.4, 0.5) is 18.9 Å². The second-order valence-corrected chi connectivity index (χ2v) is 5.04. The van der Waals surface area contributed by atoms with Crippen molar-refractivity contribution >= 4 is 5.69 Å². The Balaban J connectivity index is 1.98. The minimum absolute atomic E-state index is 0.0930. The Bertz CT molecular complexity index is 425. The molecule has 5 heteroatoms. The molecular formula is C14H18F3NO. The lowest BCUT2D eigenvalue weighted by Crippen LogP contribution is -2.11. The molecule has 1 aromatic carbocycles. The van der Waals surface area contributed by atoms with Gasteiger partial charge in [-0.1, -0.05) is 25.7 Å². The first-order valence-corrected chi connectivity index (χ1v) is 6.56. The van der Waals surface area contributed by atoms with E-state index in [-0.39, 0.29) is 11.4 Å². The highest BCUT2D eigenvalue weighted by atomic mass is 19.4. The molecule has 1 fully saturated rings. The van der Waals surface area contributed by atoms with Gasteiger partial charge in [-0.3, -0.25) is 0 Å². The van der Waals surface area contributed by atoms with Gasteiger partial charge in [0.2, 0.25) is 0 Å². The van der Waals surface area contributed by atoms with E-state index in [9.17, 15) is 13.2 Å². The van der Waals surface area contributed by atoms with Crippen LogP contribution in [0.1, 0.15) is 37.7 Å². The molecule has 106 valence electrons. The molecule has 0 aromatic heterocycles. The third-order valence-electron chi connectivity index (χ3n) is 3.57. The van der Waals surface area contributed by atoms with Gasteiger partial charge < -0.3 is 10.5 Å². The van der Waals surface area contributed by atoms with E-state index in [1.807, 2.05) is 0 Å². The van der Waals surface area contributed by atoms with Crippen LogP contribution in [0.5, 0.6) is 5.75 Å². The van der Waals surface area contributed by atoms with E-state index in [2.05, 4.69) is 0 Å². The van der Waals surface area contributed by atoms with Crippen LogP contribution in [-0.2, 0) is 6.18 Å². The van der Waals surface area contributed by atoms with Crippen molar-refractivity contribution in [2.24, 2.45) is 5.92 Å². The minimum Gasteiger partial charge on any atom is -0.493 e. The van der Waals surface area contributed by atoms with Crippen molar-refractivity contribution in [1.82, 2.24) is 0 Å². The van der Waals surface area contributed by atoms with Gasteiger partial charge in [0, 0.05) is 5.69 Å². The topological polar surface area (TPSA) is 35.2 Å². The molecule has 0 aliphatic heterocycles. The zero-order chi connectivity index (χ0) is 13.9. The van der Waals surface area contributed by atoms with Gasteiger partial charge in [0.1, 0.15) is 5.75 Å². The molecule has 0 bridgehead atoms. The molecule has 2 N–H and O–H groups in total. The normalized spacial score (nSPS) is 16.8. The molecule has 1 aliphatic rings. The first-order chi connectivity index (χ1) is 8.97. The van der Waals surface area contributed by atoms with Crippen molar-refractivity contribution in [1.29, 1.82) is 0 Å². The summed E-state index contributed by atoms with van der Waals surface area (Å²) in [4.78, 5) is 0. The van der Waals surface area contributed by atoms with E-state index in [1.165, 1.54) is 25.0 Å². The fraction of sp³-hybridized carbons (Fsp3) is 0.571. The van der Waals surface area contributed by atoms with Gasteiger partial charge in [-0.25, -0.2) is 0 Å². The maximum absolute atomic E-state index is 12.8. The number of hydrogen-bond acceptors (Lipinski definition) is 2. The number of alkyl halides is 3. The highest BCUT2D eigenvalue weighted by Gasteiger charge is 2.34. The maximum atomic E-state index is 12.8. The predicted molar refractivity (Wildman–Crippen MR) is 67.9 cm³/mol. The first-order valence-electron chi connectivity index (χ1n) is 6.56. The van der Waals surface area contributed by atoms with Crippen LogP contribution in [0.25, 0.3) is 0 Å². The van der Waals surface area contributed by atoms with Crippen molar-refractivity contribution < 1.29 is 17.9 Å². The molecule has 0 amide bonds. The average molecular weight is 273 g/mol. The summed E-state index contributed by atoms with van der Waals surface area (Å²) < 4.78 is 43.8. The van der Waals surface area contributed by atoms with Crippen molar-refractivity contribution in [3.8, 4) is 5.75 Å². The van der Waals surface area contributed by atoms with Crippen LogP contribution in [0, 0.1) is 5.92 Å². The van der Waals surface area contributed by atoms with Crippen LogP contribution in [-0.4, -0.2) is 6.61 Å². The van der Waals surface area contributed by atoms with Crippen LogP contribution in [0.15, 0.2) is 18.2 Å². The Morgan fingerprint density at radius 1 is 1.21 bits per heavy atom. The second-order valence-electron chi connectivity index (χ2n) is 5.04. The number of ether oxygens (including phenoxy) is 1. The Hall–Kier alpha value is -1.39. The summed E-state index contributed by atoms with van der Waals surface area (Å²) in [6.07, 6.45) is 1.16. The first kappa shape index (κ1) is 14.0. The van der Waals surface area contributed by atoms with E-state index in [4.69, 9.17) is 10.5 Å². The number of halogens is 3. The molecule has 1 aliphatic carbocycles. The molecule has 2 rings (SSSR count). The molecule has 19 heavy (non-hydrogen) atoms. The molecule has 0 unspecified atom stereocenters. The van der Waals surface area contributed by atoms with Crippen LogP contribution >= 0.6 is 0 Å². The van der Waals surface area contributed by atoms with Gasteiger partial charge in [0.05, 0.1) is 12.2 Å². The summed E-state index contributed by atoms with van der Waals surface area (Å²) in [5.74, 6) is 0.475. The number of benzene rings is 1. The van der Waals surface area contributed by atoms with Gasteiger partial charge >= 0.3 is 6.18 Å². The SMILES string of the molecule is Nc1ccc(OCCC2CCCC2)c(C(F)(F)F)c1. The molecule has 0 heterocycles. The number of nitrogen functional groups attached to an aromatic ring is 1. The molecule has 0 spiro atoms. The van der Waals surface area contributed by atoms with E-state index < -0.39 is 11.7 Å². The second kappa shape index (κ2) is 5.72. The van der Waals surface area contributed by atoms with E-state index in [0.717, 1.165) is 25.3 Å². The van der Waals surface area contributed by atoms with Gasteiger partial charge in [-0.05, 0) is 30.5 Å². The zero-order valence-electron chi connectivity index (χ0n) is 10.7. The molecular weight excluding hydrogens is 255 g/mol. The van der Waals surface area contributed by atoms with Crippen molar-refractivity contribution in [3.05, 3.63) is 23.8 Å². The third-order valence-corrected chi connectivity index (χ3v) is 3.57. The number of nitrogens with two attached hydrogens (primary N) is 1. The number of anilines is 1. The third kappa shape index (κ3) is 3.78. The lowest BCUT2D eigenvalue weighted by Gasteiger charge is -2.15. The van der Waals surface area contributed by atoms with Gasteiger partial charge in [-0.15, -0.1) is 0 Å². The summed E-state index contributed by atoms with van der Waals surface area (Å²) in [5.41, 5.74) is 4.70. The molecule has 0 saturated heterocycles. The van der Waals surface area contributed by atoms with E-state index >= 15 is 0 Å². The summed E-state index contributed by atoms with van der Waals surface area (Å²) in [7, 11) is 0. The molecule has 1 aromatic rings. The van der Waals surface area contributed by atoms with Crippen molar-refractivity contribution in [2.45, 2.75) is 38.3 Å². The quantitative estimate of drug-likeness (QED) is 0.832. The summed E-state index contributed by atoms with van der Waals surface area (Å²) in [5, 5.41) is 0. The molecule has 1 saturated carbocycles. The average Bonchev–Trinajstić information content (AvgIpc) is 2.83. The van der Waals surface area contributed by atoms with Crippen molar-refractivity contribution in [2.75, 3.05) is 12.3 Å². The molecule has 2 nitrogen and oxygen atoms in total. The summed E-state index contributed by atoms with van der Waals surface area (Å²) >= 11 is 0. The number of hydrogen-bond donors (Lipinski definition) is 1. The lowest BCUT2D eigenvalue weighted by molar-refractivity contribution is -0.138.